The molecule has 0 radical (unpaired) electrons. The van der Waals surface area contributed by atoms with E-state index in [9.17, 15) is 9.50 Å². The standard InChI is InChI=1S/C13H11BrClFO2S/c1-18-10-4-2-3-7(12(10)16)5-9(17)11-6-8(14)13(15)19-11/h2-4,6,9,17H,5H2,1H3. The van der Waals surface area contributed by atoms with E-state index in [2.05, 4.69) is 15.9 Å². The van der Waals surface area contributed by atoms with Gasteiger partial charge in [-0.3, -0.25) is 0 Å². The second-order valence-corrected chi connectivity index (χ2v) is 6.46. The molecule has 0 saturated carbocycles. The molecule has 0 fully saturated rings. The van der Waals surface area contributed by atoms with E-state index in [0.717, 1.165) is 4.47 Å². The van der Waals surface area contributed by atoms with Crippen LogP contribution < -0.4 is 4.74 Å². The van der Waals surface area contributed by atoms with Crippen molar-refractivity contribution >= 4 is 38.9 Å². The van der Waals surface area contributed by atoms with Crippen molar-refractivity contribution in [3.63, 3.8) is 0 Å². The summed E-state index contributed by atoms with van der Waals surface area (Å²) in [5.74, 6) is -0.263. The maximum atomic E-state index is 14.0. The third-order valence-electron chi connectivity index (χ3n) is 2.67. The highest BCUT2D eigenvalue weighted by molar-refractivity contribution is 9.10. The first-order valence-corrected chi connectivity index (χ1v) is 7.46. The van der Waals surface area contributed by atoms with Crippen molar-refractivity contribution in [3.8, 4) is 5.75 Å². The number of thiophene rings is 1. The van der Waals surface area contributed by atoms with Gasteiger partial charge in [0.1, 0.15) is 4.34 Å². The summed E-state index contributed by atoms with van der Waals surface area (Å²) in [5, 5.41) is 10.1. The minimum atomic E-state index is -0.796. The molecule has 102 valence electrons. The average molecular weight is 366 g/mol. The Labute approximate surface area is 127 Å². The molecule has 19 heavy (non-hydrogen) atoms. The molecule has 1 aromatic heterocycles. The fraction of sp³-hybridized carbons (Fsp3) is 0.231. The summed E-state index contributed by atoms with van der Waals surface area (Å²) in [4.78, 5) is 0.694. The lowest BCUT2D eigenvalue weighted by Gasteiger charge is -2.11. The fourth-order valence-electron chi connectivity index (χ4n) is 1.71. The van der Waals surface area contributed by atoms with Gasteiger partial charge in [0.2, 0.25) is 0 Å². The molecule has 0 aliphatic rings. The van der Waals surface area contributed by atoms with Crippen LogP contribution in [-0.2, 0) is 6.42 Å². The highest BCUT2D eigenvalue weighted by Crippen LogP contribution is 2.36. The molecule has 1 N–H and O–H groups in total. The zero-order valence-electron chi connectivity index (χ0n) is 9.99. The Kier molecular flexibility index (Phi) is 4.84. The number of aliphatic hydroxyl groups is 1. The number of rotatable bonds is 4. The van der Waals surface area contributed by atoms with Crippen LogP contribution in [0.1, 0.15) is 16.5 Å². The summed E-state index contributed by atoms with van der Waals surface area (Å²) in [7, 11) is 1.41. The normalized spacial score (nSPS) is 12.5. The van der Waals surface area contributed by atoms with E-state index >= 15 is 0 Å². The van der Waals surface area contributed by atoms with Crippen LogP contribution in [0.4, 0.5) is 4.39 Å². The van der Waals surface area contributed by atoms with E-state index in [1.54, 1.807) is 24.3 Å². The monoisotopic (exact) mass is 364 g/mol. The Bertz CT molecular complexity index is 569. The lowest BCUT2D eigenvalue weighted by atomic mass is 10.1. The molecule has 0 amide bonds. The Morgan fingerprint density at radius 1 is 1.53 bits per heavy atom. The van der Waals surface area contributed by atoms with Crippen molar-refractivity contribution in [2.45, 2.75) is 12.5 Å². The number of ether oxygens (including phenoxy) is 1. The summed E-state index contributed by atoms with van der Waals surface area (Å²) < 4.78 is 20.2. The number of methoxy groups -OCH3 is 1. The second kappa shape index (κ2) is 6.22. The van der Waals surface area contributed by atoms with Crippen LogP contribution in [0.15, 0.2) is 28.7 Å². The van der Waals surface area contributed by atoms with Gasteiger partial charge in [0.15, 0.2) is 11.6 Å². The van der Waals surface area contributed by atoms with Crippen molar-refractivity contribution in [2.24, 2.45) is 0 Å². The van der Waals surface area contributed by atoms with Gasteiger partial charge >= 0.3 is 0 Å². The Hall–Kier alpha value is -0.620. The summed E-state index contributed by atoms with van der Waals surface area (Å²) >= 11 is 10.5. The van der Waals surface area contributed by atoms with Gasteiger partial charge in [-0.1, -0.05) is 23.7 Å². The Morgan fingerprint density at radius 2 is 2.26 bits per heavy atom. The molecule has 2 nitrogen and oxygen atoms in total. The number of benzene rings is 1. The van der Waals surface area contributed by atoms with E-state index in [1.807, 2.05) is 0 Å². The first-order chi connectivity index (χ1) is 9.02. The molecule has 1 unspecified atom stereocenters. The minimum Gasteiger partial charge on any atom is -0.494 e. The lowest BCUT2D eigenvalue weighted by Crippen LogP contribution is -2.03. The predicted octanol–water partition coefficient (Wildman–Crippen LogP) is 4.59. The summed E-state index contributed by atoms with van der Waals surface area (Å²) in [6.45, 7) is 0. The van der Waals surface area contributed by atoms with E-state index in [1.165, 1.54) is 18.4 Å². The van der Waals surface area contributed by atoms with Crippen molar-refractivity contribution < 1.29 is 14.2 Å². The Balaban J connectivity index is 2.21. The zero-order valence-corrected chi connectivity index (χ0v) is 13.1. The molecule has 0 bridgehead atoms. The summed E-state index contributed by atoms with van der Waals surface area (Å²) in [6.07, 6.45) is -0.623. The first-order valence-electron chi connectivity index (χ1n) is 5.47. The highest BCUT2D eigenvalue weighted by atomic mass is 79.9. The van der Waals surface area contributed by atoms with Crippen LogP contribution >= 0.6 is 38.9 Å². The molecule has 1 atom stereocenters. The largest absolute Gasteiger partial charge is 0.494 e. The smallest absolute Gasteiger partial charge is 0.168 e. The topological polar surface area (TPSA) is 29.5 Å². The molecular formula is C13H11BrClFO2S. The predicted molar refractivity (Wildman–Crippen MR) is 78.6 cm³/mol. The SMILES string of the molecule is COc1cccc(CC(O)c2cc(Br)c(Cl)s2)c1F. The Morgan fingerprint density at radius 3 is 2.84 bits per heavy atom. The van der Waals surface area contributed by atoms with Crippen LogP contribution in [-0.4, -0.2) is 12.2 Å². The summed E-state index contributed by atoms with van der Waals surface area (Å²) in [5.41, 5.74) is 0.410. The average Bonchev–Trinajstić information content (AvgIpc) is 2.72. The molecule has 2 aromatic rings. The molecular weight excluding hydrogens is 355 g/mol. The van der Waals surface area contributed by atoms with Crippen LogP contribution in [0, 0.1) is 5.82 Å². The highest BCUT2D eigenvalue weighted by Gasteiger charge is 2.17. The van der Waals surface area contributed by atoms with Gasteiger partial charge < -0.3 is 9.84 Å². The van der Waals surface area contributed by atoms with Crippen molar-refractivity contribution in [1.82, 2.24) is 0 Å². The number of halogens is 3. The molecule has 0 aliphatic carbocycles. The van der Waals surface area contributed by atoms with Crippen LogP contribution in [0.3, 0.4) is 0 Å². The summed E-state index contributed by atoms with van der Waals surface area (Å²) in [6, 6.07) is 6.62. The van der Waals surface area contributed by atoms with Gasteiger partial charge in [0.25, 0.3) is 0 Å². The van der Waals surface area contributed by atoms with Crippen LogP contribution in [0.25, 0.3) is 0 Å². The van der Waals surface area contributed by atoms with Gasteiger partial charge in [-0.15, -0.1) is 11.3 Å². The van der Waals surface area contributed by atoms with Crippen molar-refractivity contribution in [3.05, 3.63) is 49.3 Å². The molecule has 6 heteroatoms. The lowest BCUT2D eigenvalue weighted by molar-refractivity contribution is 0.180. The van der Waals surface area contributed by atoms with E-state index in [4.69, 9.17) is 16.3 Å². The minimum absolute atomic E-state index is 0.173. The van der Waals surface area contributed by atoms with Gasteiger partial charge in [0.05, 0.1) is 13.2 Å². The van der Waals surface area contributed by atoms with Gasteiger partial charge in [-0.05, 0) is 33.6 Å². The second-order valence-electron chi connectivity index (χ2n) is 3.92. The molecule has 2 rings (SSSR count). The van der Waals surface area contributed by atoms with Gasteiger partial charge in [-0.2, -0.15) is 0 Å². The van der Waals surface area contributed by atoms with Gasteiger partial charge in [-0.25, -0.2) is 4.39 Å². The molecule has 1 aromatic carbocycles. The molecule has 0 spiro atoms. The van der Waals surface area contributed by atoms with Gasteiger partial charge in [0, 0.05) is 15.8 Å². The van der Waals surface area contributed by atoms with E-state index in [-0.39, 0.29) is 12.2 Å². The molecule has 0 saturated heterocycles. The zero-order chi connectivity index (χ0) is 14.0. The molecule has 1 heterocycles. The van der Waals surface area contributed by atoms with E-state index in [0.29, 0.717) is 14.8 Å². The quantitative estimate of drug-likeness (QED) is 0.859. The molecule has 0 aliphatic heterocycles. The van der Waals surface area contributed by atoms with Crippen molar-refractivity contribution in [1.29, 1.82) is 0 Å². The number of aliphatic hydroxyl groups excluding tert-OH is 1. The number of hydrogen-bond donors (Lipinski definition) is 1. The fourth-order valence-corrected chi connectivity index (χ4v) is 3.43. The van der Waals surface area contributed by atoms with E-state index < -0.39 is 11.9 Å². The number of hydrogen-bond acceptors (Lipinski definition) is 3. The maximum Gasteiger partial charge on any atom is 0.168 e. The third kappa shape index (κ3) is 3.28. The van der Waals surface area contributed by atoms with Crippen LogP contribution in [0.5, 0.6) is 5.75 Å². The maximum absolute atomic E-state index is 14.0. The third-order valence-corrected chi connectivity index (χ3v) is 5.25. The van der Waals surface area contributed by atoms with Crippen molar-refractivity contribution in [2.75, 3.05) is 7.11 Å². The first kappa shape index (κ1) is 14.8. The van der Waals surface area contributed by atoms with Crippen LogP contribution in [0.2, 0.25) is 4.34 Å².